The van der Waals surface area contributed by atoms with E-state index in [-0.39, 0.29) is 11.3 Å². The zero-order valence-electron chi connectivity index (χ0n) is 11.9. The molecule has 0 unspecified atom stereocenters. The first-order valence-corrected chi connectivity index (χ1v) is 6.69. The average Bonchev–Trinajstić information content (AvgIpc) is 2.70. The van der Waals surface area contributed by atoms with Crippen molar-refractivity contribution >= 4 is 11.9 Å². The smallest absolute Gasteiger partial charge is 0.301 e. The molecule has 0 bridgehead atoms. The van der Waals surface area contributed by atoms with E-state index in [9.17, 15) is 4.79 Å². The summed E-state index contributed by atoms with van der Waals surface area (Å²) in [5, 5.41) is 2.73. The molecule has 18 heavy (non-hydrogen) atoms. The third-order valence-corrected chi connectivity index (χ3v) is 3.11. The van der Waals surface area contributed by atoms with Gasteiger partial charge in [-0.25, -0.2) is 0 Å². The molecule has 0 fully saturated rings. The molecule has 1 heterocycles. The Balaban J connectivity index is 2.43. The summed E-state index contributed by atoms with van der Waals surface area (Å²) in [7, 11) is 0. The summed E-state index contributed by atoms with van der Waals surface area (Å²) in [6.07, 6.45) is 7.13. The lowest BCUT2D eigenvalue weighted by Gasteiger charge is -2.22. The number of carbonyl (C=O) groups excluding carboxylic acids is 1. The molecule has 0 radical (unpaired) electrons. The highest BCUT2D eigenvalue weighted by molar-refractivity contribution is 5.93. The van der Waals surface area contributed by atoms with Crippen LogP contribution in [0.2, 0.25) is 0 Å². The number of carbonyl (C=O) groups is 1. The minimum atomic E-state index is -0.379. The van der Waals surface area contributed by atoms with Crippen LogP contribution in [0.1, 0.15) is 58.6 Å². The number of hydrogen-bond donors (Lipinski definition) is 1. The second kappa shape index (κ2) is 6.57. The van der Waals surface area contributed by atoms with Gasteiger partial charge in [-0.05, 0) is 13.3 Å². The summed E-state index contributed by atoms with van der Waals surface area (Å²) in [6.45, 7) is 7.94. The minimum absolute atomic E-state index is 0.0270. The van der Waals surface area contributed by atoms with Crippen LogP contribution in [0, 0.1) is 12.3 Å². The van der Waals surface area contributed by atoms with Crippen molar-refractivity contribution in [1.29, 1.82) is 0 Å². The van der Waals surface area contributed by atoms with Gasteiger partial charge in [0.2, 0.25) is 5.91 Å². The van der Waals surface area contributed by atoms with E-state index in [1.54, 1.807) is 0 Å². The average molecular weight is 252 g/mol. The lowest BCUT2D eigenvalue weighted by molar-refractivity contribution is -0.124. The first kappa shape index (κ1) is 14.7. The molecule has 102 valence electrons. The molecule has 0 saturated heterocycles. The lowest BCUT2D eigenvalue weighted by Crippen LogP contribution is -2.30. The topological polar surface area (TPSA) is 55.1 Å². The van der Waals surface area contributed by atoms with Crippen LogP contribution in [-0.2, 0) is 4.79 Å². The van der Waals surface area contributed by atoms with Crippen molar-refractivity contribution in [2.75, 3.05) is 5.32 Å². The zero-order chi connectivity index (χ0) is 13.6. The van der Waals surface area contributed by atoms with Gasteiger partial charge in [0.15, 0.2) is 0 Å². The van der Waals surface area contributed by atoms with E-state index in [1.165, 1.54) is 25.5 Å². The van der Waals surface area contributed by atoms with Crippen LogP contribution in [0.5, 0.6) is 0 Å². The molecule has 4 nitrogen and oxygen atoms in total. The monoisotopic (exact) mass is 252 g/mol. The Morgan fingerprint density at radius 3 is 2.67 bits per heavy atom. The Hall–Kier alpha value is -1.32. The largest absolute Gasteiger partial charge is 0.432 e. The number of unbranched alkanes of at least 4 members (excludes halogenated alkanes) is 3. The summed E-state index contributed by atoms with van der Waals surface area (Å²) in [6, 6.07) is 0.291. The Morgan fingerprint density at radius 2 is 2.11 bits per heavy atom. The SMILES string of the molecule is CCCCCCC(C)(C)C(=O)Nc1nc(C)co1. The molecule has 1 N–H and O–H groups in total. The molecule has 0 saturated carbocycles. The van der Waals surface area contributed by atoms with Gasteiger partial charge in [-0.2, -0.15) is 4.98 Å². The minimum Gasteiger partial charge on any atom is -0.432 e. The molecule has 1 rings (SSSR count). The first-order chi connectivity index (χ1) is 8.45. The standard InChI is InChI=1S/C14H24N2O2/c1-5-6-7-8-9-14(3,4)12(17)16-13-15-11(2)10-18-13/h10H,5-9H2,1-4H3,(H,15,16,17). The van der Waals surface area contributed by atoms with Crippen LogP contribution in [0.15, 0.2) is 10.7 Å². The molecule has 1 amide bonds. The van der Waals surface area contributed by atoms with Gasteiger partial charge in [-0.1, -0.05) is 46.5 Å². The number of nitrogens with zero attached hydrogens (tertiary/aromatic N) is 1. The second-order valence-corrected chi connectivity index (χ2v) is 5.44. The number of aryl methyl sites for hydroxylation is 1. The van der Waals surface area contributed by atoms with Gasteiger partial charge in [0, 0.05) is 5.41 Å². The molecule has 0 atom stereocenters. The number of nitrogens with one attached hydrogen (secondary N) is 1. The summed E-state index contributed by atoms with van der Waals surface area (Å²) in [5.74, 6) is -0.0270. The van der Waals surface area contributed by atoms with Gasteiger partial charge in [-0.15, -0.1) is 0 Å². The highest BCUT2D eigenvalue weighted by Gasteiger charge is 2.27. The van der Waals surface area contributed by atoms with Gasteiger partial charge in [-0.3, -0.25) is 10.1 Å². The van der Waals surface area contributed by atoms with E-state index in [1.807, 2.05) is 20.8 Å². The predicted octanol–water partition coefficient (Wildman–Crippen LogP) is 3.92. The van der Waals surface area contributed by atoms with Crippen LogP contribution in [0.25, 0.3) is 0 Å². The summed E-state index contributed by atoms with van der Waals surface area (Å²) >= 11 is 0. The molecular formula is C14H24N2O2. The molecule has 4 heteroatoms. The van der Waals surface area contributed by atoms with E-state index < -0.39 is 0 Å². The van der Waals surface area contributed by atoms with Gasteiger partial charge < -0.3 is 4.42 Å². The summed E-state index contributed by atoms with van der Waals surface area (Å²) in [4.78, 5) is 16.2. The molecule has 0 aliphatic heterocycles. The van der Waals surface area contributed by atoms with Crippen molar-refractivity contribution in [1.82, 2.24) is 4.98 Å². The van der Waals surface area contributed by atoms with Crippen molar-refractivity contribution in [2.45, 2.75) is 59.8 Å². The fourth-order valence-electron chi connectivity index (χ4n) is 1.78. The highest BCUT2D eigenvalue weighted by atomic mass is 16.4. The van der Waals surface area contributed by atoms with Gasteiger partial charge in [0.05, 0.1) is 5.69 Å². The third kappa shape index (κ3) is 4.51. The van der Waals surface area contributed by atoms with Crippen LogP contribution < -0.4 is 5.32 Å². The number of rotatable bonds is 7. The number of amides is 1. The quantitative estimate of drug-likeness (QED) is 0.748. The third-order valence-electron chi connectivity index (χ3n) is 3.11. The van der Waals surface area contributed by atoms with E-state index in [4.69, 9.17) is 4.42 Å². The van der Waals surface area contributed by atoms with Crippen molar-refractivity contribution < 1.29 is 9.21 Å². The number of oxazole rings is 1. The first-order valence-electron chi connectivity index (χ1n) is 6.69. The number of aromatic nitrogens is 1. The Bertz CT molecular complexity index is 383. The van der Waals surface area contributed by atoms with Gasteiger partial charge in [0.25, 0.3) is 0 Å². The molecule has 1 aromatic rings. The Kier molecular flexibility index (Phi) is 5.38. The van der Waals surface area contributed by atoms with Gasteiger partial charge in [0.1, 0.15) is 6.26 Å². The van der Waals surface area contributed by atoms with Crippen LogP contribution in [-0.4, -0.2) is 10.9 Å². The molecule has 0 spiro atoms. The van der Waals surface area contributed by atoms with E-state index in [0.717, 1.165) is 18.5 Å². The second-order valence-electron chi connectivity index (χ2n) is 5.44. The number of hydrogen-bond acceptors (Lipinski definition) is 3. The summed E-state index contributed by atoms with van der Waals surface area (Å²) in [5.41, 5.74) is 0.391. The van der Waals surface area contributed by atoms with E-state index in [0.29, 0.717) is 6.01 Å². The van der Waals surface area contributed by atoms with Gasteiger partial charge >= 0.3 is 6.01 Å². The van der Waals surface area contributed by atoms with Crippen LogP contribution in [0.3, 0.4) is 0 Å². The molecule has 0 aliphatic carbocycles. The predicted molar refractivity (Wildman–Crippen MR) is 72.4 cm³/mol. The molecule has 1 aromatic heterocycles. The number of anilines is 1. The van der Waals surface area contributed by atoms with Crippen molar-refractivity contribution in [2.24, 2.45) is 5.41 Å². The molecule has 0 aliphatic rings. The lowest BCUT2D eigenvalue weighted by atomic mass is 9.86. The molecule has 0 aromatic carbocycles. The maximum Gasteiger partial charge on any atom is 0.301 e. The Morgan fingerprint density at radius 1 is 1.39 bits per heavy atom. The van der Waals surface area contributed by atoms with E-state index >= 15 is 0 Å². The maximum atomic E-state index is 12.1. The van der Waals surface area contributed by atoms with E-state index in [2.05, 4.69) is 17.2 Å². The fraction of sp³-hybridized carbons (Fsp3) is 0.714. The normalized spacial score (nSPS) is 11.6. The summed E-state index contributed by atoms with van der Waals surface area (Å²) < 4.78 is 5.13. The zero-order valence-corrected chi connectivity index (χ0v) is 11.9. The fourth-order valence-corrected chi connectivity index (χ4v) is 1.78. The highest BCUT2D eigenvalue weighted by Crippen LogP contribution is 2.25. The Labute approximate surface area is 109 Å². The van der Waals surface area contributed by atoms with Crippen LogP contribution >= 0.6 is 0 Å². The van der Waals surface area contributed by atoms with Crippen molar-refractivity contribution in [3.05, 3.63) is 12.0 Å². The van der Waals surface area contributed by atoms with Crippen LogP contribution in [0.4, 0.5) is 6.01 Å². The molecular weight excluding hydrogens is 228 g/mol. The van der Waals surface area contributed by atoms with Crippen molar-refractivity contribution in [3.8, 4) is 0 Å². The maximum absolute atomic E-state index is 12.1. The van der Waals surface area contributed by atoms with Crippen molar-refractivity contribution in [3.63, 3.8) is 0 Å².